The Morgan fingerprint density at radius 3 is 2.48 bits per heavy atom. The van der Waals surface area contributed by atoms with Gasteiger partial charge >= 0.3 is 0 Å². The quantitative estimate of drug-likeness (QED) is 0.547. The van der Waals surface area contributed by atoms with Gasteiger partial charge in [-0.1, -0.05) is 32.0 Å². The van der Waals surface area contributed by atoms with Crippen LogP contribution in [0.1, 0.15) is 29.8 Å². The number of nitrogens with zero attached hydrogens (tertiary/aromatic N) is 1. The highest BCUT2D eigenvalue weighted by Gasteiger charge is 2.16. The van der Waals surface area contributed by atoms with Gasteiger partial charge in [-0.05, 0) is 49.0 Å². The molecule has 0 bridgehead atoms. The van der Waals surface area contributed by atoms with Crippen LogP contribution in [0.25, 0.3) is 0 Å². The summed E-state index contributed by atoms with van der Waals surface area (Å²) in [5.74, 6) is -0.362. The lowest BCUT2D eigenvalue weighted by Crippen LogP contribution is -2.27. The zero-order valence-electron chi connectivity index (χ0n) is 17.1. The number of hydrogen-bond acceptors (Lipinski definition) is 5. The molecule has 0 aliphatic rings. The van der Waals surface area contributed by atoms with Crippen molar-refractivity contribution >= 4 is 21.6 Å². The molecule has 7 nitrogen and oxygen atoms in total. The molecule has 0 unspecified atom stereocenters. The molecule has 2 aromatic carbocycles. The minimum Gasteiger partial charge on any atom is -0.383 e. The number of ether oxygens (including phenoxy) is 1. The summed E-state index contributed by atoms with van der Waals surface area (Å²) in [6.07, 6.45) is 0. The first-order valence-electron chi connectivity index (χ1n) is 9.61. The van der Waals surface area contributed by atoms with Crippen LogP contribution in [0, 0.1) is 0 Å². The molecule has 0 aliphatic heterocycles. The van der Waals surface area contributed by atoms with Crippen LogP contribution < -0.4 is 10.0 Å². The number of rotatable bonds is 11. The van der Waals surface area contributed by atoms with Gasteiger partial charge in [0, 0.05) is 31.5 Å². The summed E-state index contributed by atoms with van der Waals surface area (Å²) in [6, 6.07) is 13.6. The van der Waals surface area contributed by atoms with Crippen LogP contribution in [0.2, 0.25) is 0 Å². The van der Waals surface area contributed by atoms with Gasteiger partial charge in [-0.2, -0.15) is 0 Å². The largest absolute Gasteiger partial charge is 0.383 e. The highest BCUT2D eigenvalue weighted by Crippen LogP contribution is 2.16. The Labute approximate surface area is 173 Å². The normalized spacial score (nSPS) is 11.6. The lowest BCUT2D eigenvalue weighted by atomic mass is 10.1. The van der Waals surface area contributed by atoms with Crippen molar-refractivity contribution in [1.82, 2.24) is 9.62 Å². The molecule has 0 heterocycles. The minimum absolute atomic E-state index is 0.0385. The first-order chi connectivity index (χ1) is 13.9. The summed E-state index contributed by atoms with van der Waals surface area (Å²) in [7, 11) is -2.21. The molecule has 2 rings (SSSR count). The SMILES string of the molecule is CCN(CC)Cc1cccc(NC(=O)c2cccc(S(=O)(=O)NCCOC)c2)c1. The van der Waals surface area contributed by atoms with Gasteiger partial charge in [0.2, 0.25) is 10.0 Å². The fraction of sp³-hybridized carbons (Fsp3) is 0.381. The number of hydrogen-bond donors (Lipinski definition) is 2. The van der Waals surface area contributed by atoms with Crippen molar-refractivity contribution in [2.75, 3.05) is 38.7 Å². The van der Waals surface area contributed by atoms with Gasteiger partial charge in [-0.3, -0.25) is 9.69 Å². The molecule has 1 amide bonds. The number of carbonyl (C=O) groups excluding carboxylic acids is 1. The van der Waals surface area contributed by atoms with E-state index >= 15 is 0 Å². The maximum absolute atomic E-state index is 12.6. The van der Waals surface area contributed by atoms with Gasteiger partial charge in [-0.25, -0.2) is 13.1 Å². The van der Waals surface area contributed by atoms with Crippen molar-refractivity contribution < 1.29 is 17.9 Å². The zero-order chi connectivity index (χ0) is 21.3. The Morgan fingerprint density at radius 2 is 1.79 bits per heavy atom. The summed E-state index contributed by atoms with van der Waals surface area (Å²) in [6.45, 7) is 7.36. The Balaban J connectivity index is 2.12. The molecule has 0 aliphatic carbocycles. The fourth-order valence-corrected chi connectivity index (χ4v) is 3.88. The average Bonchev–Trinajstić information content (AvgIpc) is 2.72. The van der Waals surface area contributed by atoms with Gasteiger partial charge < -0.3 is 10.1 Å². The molecule has 0 radical (unpaired) electrons. The van der Waals surface area contributed by atoms with Gasteiger partial charge in [0.25, 0.3) is 5.91 Å². The standard InChI is InChI=1S/C21H29N3O4S/c1-4-24(5-2)16-17-8-6-10-19(14-17)23-21(25)18-9-7-11-20(15-18)29(26,27)22-12-13-28-3/h6-11,14-15,22H,4-5,12-13,16H2,1-3H3,(H,23,25). The van der Waals surface area contributed by atoms with Gasteiger partial charge in [0.1, 0.15) is 0 Å². The molecule has 2 N–H and O–H groups in total. The van der Waals surface area contributed by atoms with E-state index in [0.717, 1.165) is 25.2 Å². The Morgan fingerprint density at radius 1 is 1.07 bits per heavy atom. The van der Waals surface area contributed by atoms with E-state index in [2.05, 4.69) is 28.8 Å². The predicted molar refractivity (Wildman–Crippen MR) is 115 cm³/mol. The van der Waals surface area contributed by atoms with Crippen LogP contribution in [0.15, 0.2) is 53.4 Å². The molecular formula is C21H29N3O4S. The van der Waals surface area contributed by atoms with Crippen LogP contribution in [0.5, 0.6) is 0 Å². The molecular weight excluding hydrogens is 390 g/mol. The number of nitrogens with one attached hydrogen (secondary N) is 2. The lowest BCUT2D eigenvalue weighted by molar-refractivity contribution is 0.102. The van der Waals surface area contributed by atoms with Crippen molar-refractivity contribution in [2.24, 2.45) is 0 Å². The summed E-state index contributed by atoms with van der Waals surface area (Å²) in [5, 5.41) is 2.85. The molecule has 8 heteroatoms. The van der Waals surface area contributed by atoms with Crippen LogP contribution >= 0.6 is 0 Å². The van der Waals surface area contributed by atoms with Crippen LogP contribution in [-0.4, -0.2) is 52.6 Å². The Hall–Kier alpha value is -2.26. The lowest BCUT2D eigenvalue weighted by Gasteiger charge is -2.18. The van der Waals surface area contributed by atoms with E-state index in [1.54, 1.807) is 12.1 Å². The topological polar surface area (TPSA) is 87.7 Å². The molecule has 0 fully saturated rings. The van der Waals surface area contributed by atoms with Crippen molar-refractivity contribution in [1.29, 1.82) is 0 Å². The summed E-state index contributed by atoms with van der Waals surface area (Å²) < 4.78 is 32.0. The van der Waals surface area contributed by atoms with E-state index in [1.165, 1.54) is 19.2 Å². The average molecular weight is 420 g/mol. The molecule has 2 aromatic rings. The summed E-state index contributed by atoms with van der Waals surface area (Å²) in [5.41, 5.74) is 2.05. The van der Waals surface area contributed by atoms with Crippen molar-refractivity contribution in [3.8, 4) is 0 Å². The third kappa shape index (κ3) is 6.93. The molecule has 0 atom stereocenters. The molecule has 0 saturated carbocycles. The maximum Gasteiger partial charge on any atom is 0.255 e. The number of carbonyl (C=O) groups is 1. The summed E-state index contributed by atoms with van der Waals surface area (Å²) >= 11 is 0. The number of benzene rings is 2. The van der Waals surface area contributed by atoms with Crippen LogP contribution in [0.4, 0.5) is 5.69 Å². The van der Waals surface area contributed by atoms with E-state index in [0.29, 0.717) is 5.69 Å². The first-order valence-corrected chi connectivity index (χ1v) is 11.1. The molecule has 0 saturated heterocycles. The van der Waals surface area contributed by atoms with E-state index < -0.39 is 10.0 Å². The maximum atomic E-state index is 12.6. The molecule has 0 spiro atoms. The highest BCUT2D eigenvalue weighted by atomic mass is 32.2. The Bertz CT molecular complexity index is 912. The monoisotopic (exact) mass is 419 g/mol. The zero-order valence-corrected chi connectivity index (χ0v) is 18.0. The van der Waals surface area contributed by atoms with Gasteiger partial charge in [0.05, 0.1) is 11.5 Å². The van der Waals surface area contributed by atoms with Gasteiger partial charge in [-0.15, -0.1) is 0 Å². The van der Waals surface area contributed by atoms with Crippen LogP contribution in [0.3, 0.4) is 0 Å². The second-order valence-corrected chi connectivity index (χ2v) is 8.30. The van der Waals surface area contributed by atoms with E-state index in [4.69, 9.17) is 4.74 Å². The number of amides is 1. The number of sulfonamides is 1. The van der Waals surface area contributed by atoms with Crippen molar-refractivity contribution in [2.45, 2.75) is 25.3 Å². The molecule has 0 aromatic heterocycles. The van der Waals surface area contributed by atoms with Crippen molar-refractivity contribution in [3.63, 3.8) is 0 Å². The van der Waals surface area contributed by atoms with E-state index in [9.17, 15) is 13.2 Å². The smallest absolute Gasteiger partial charge is 0.255 e. The van der Waals surface area contributed by atoms with E-state index in [1.807, 2.05) is 24.3 Å². The third-order valence-electron chi connectivity index (χ3n) is 4.49. The third-order valence-corrected chi connectivity index (χ3v) is 5.95. The van der Waals surface area contributed by atoms with E-state index in [-0.39, 0.29) is 29.5 Å². The second-order valence-electron chi connectivity index (χ2n) is 6.53. The van der Waals surface area contributed by atoms with Crippen molar-refractivity contribution in [3.05, 3.63) is 59.7 Å². The predicted octanol–water partition coefficient (Wildman–Crippen LogP) is 2.71. The fourth-order valence-electron chi connectivity index (χ4n) is 2.82. The molecule has 29 heavy (non-hydrogen) atoms. The number of methoxy groups -OCH3 is 1. The second kappa shape index (κ2) is 11.1. The Kier molecular flexibility index (Phi) is 8.78. The minimum atomic E-state index is -3.70. The van der Waals surface area contributed by atoms with Gasteiger partial charge in [0.15, 0.2) is 0 Å². The summed E-state index contributed by atoms with van der Waals surface area (Å²) in [4.78, 5) is 15.0. The number of anilines is 1. The van der Waals surface area contributed by atoms with Crippen LogP contribution in [-0.2, 0) is 21.3 Å². The molecule has 158 valence electrons. The highest BCUT2D eigenvalue weighted by molar-refractivity contribution is 7.89. The first kappa shape index (κ1) is 23.0.